The number of hydrogen-bond donors (Lipinski definition) is 0. The first-order valence-electron chi connectivity index (χ1n) is 36.0. The number of ether oxygens (including phenoxy) is 4. The van der Waals surface area contributed by atoms with Gasteiger partial charge < -0.3 is 33.3 Å². The number of quaternary nitrogens is 1. The maximum atomic E-state index is 12.9. The number of hydrogen-bond acceptors (Lipinski definition) is 8. The number of carboxylic acid groups (broad SMARTS) is 1. The zero-order valence-electron chi connectivity index (χ0n) is 55.4. The molecule has 9 nitrogen and oxygen atoms in total. The Bertz CT molecular complexity index is 1390. The minimum Gasteiger partial charge on any atom is -0.545 e. The average molecular weight is 1160 g/mol. The molecule has 0 saturated heterocycles. The molecule has 2 atom stereocenters. The molecule has 9 heteroatoms. The van der Waals surface area contributed by atoms with Crippen molar-refractivity contribution in [3.63, 3.8) is 0 Å². The lowest BCUT2D eigenvalue weighted by Crippen LogP contribution is -2.44. The monoisotopic (exact) mass is 1160 g/mol. The molecule has 0 rings (SSSR count). The third kappa shape index (κ3) is 65.3. The highest BCUT2D eigenvalue weighted by Crippen LogP contribution is 2.19. The highest BCUT2D eigenvalue weighted by Gasteiger charge is 2.22. The Balaban J connectivity index is 3.87. The highest BCUT2D eigenvalue weighted by atomic mass is 16.7. The maximum absolute atomic E-state index is 12.9. The molecular weight excluding hydrogens is 1020 g/mol. The van der Waals surface area contributed by atoms with E-state index in [9.17, 15) is 19.5 Å². The molecule has 0 aromatic carbocycles. The van der Waals surface area contributed by atoms with Crippen molar-refractivity contribution in [2.24, 2.45) is 0 Å². The molecule has 0 heterocycles. The third-order valence-electron chi connectivity index (χ3n) is 16.5. The van der Waals surface area contributed by atoms with Gasteiger partial charge in [0.05, 0.1) is 40.3 Å². The van der Waals surface area contributed by atoms with Crippen LogP contribution in [0.5, 0.6) is 0 Å². The first kappa shape index (κ1) is 79.8. The number of carbonyl (C=O) groups excluding carboxylic acids is 3. The Morgan fingerprint density at radius 3 is 0.976 bits per heavy atom. The molecule has 0 spiro atoms. The second-order valence-electron chi connectivity index (χ2n) is 25.9. The smallest absolute Gasteiger partial charge is 0.306 e. The summed E-state index contributed by atoms with van der Waals surface area (Å²) in [6.07, 6.45) is 77.4. The summed E-state index contributed by atoms with van der Waals surface area (Å²) < 4.78 is 22.7. The summed E-state index contributed by atoms with van der Waals surface area (Å²) in [6.45, 7) is 4.77. The lowest BCUT2D eigenvalue weighted by Gasteiger charge is -2.26. The van der Waals surface area contributed by atoms with Crippen LogP contribution in [0.1, 0.15) is 367 Å². The van der Waals surface area contributed by atoms with Crippen molar-refractivity contribution in [3.8, 4) is 0 Å². The van der Waals surface area contributed by atoms with Crippen LogP contribution in [-0.2, 0) is 33.3 Å². The van der Waals surface area contributed by atoms with E-state index in [1.807, 2.05) is 21.1 Å². The number of rotatable bonds is 68. The number of carboxylic acids is 1. The van der Waals surface area contributed by atoms with Gasteiger partial charge in [-0.25, -0.2) is 0 Å². The van der Waals surface area contributed by atoms with E-state index in [2.05, 4.69) is 38.2 Å². The van der Waals surface area contributed by atoms with Gasteiger partial charge in [-0.05, 0) is 44.9 Å². The van der Waals surface area contributed by atoms with Gasteiger partial charge in [-0.2, -0.15) is 0 Å². The molecule has 0 N–H and O–H groups in total. The van der Waals surface area contributed by atoms with Gasteiger partial charge in [0, 0.05) is 12.8 Å². The third-order valence-corrected chi connectivity index (χ3v) is 16.5. The molecule has 0 aliphatic heterocycles. The van der Waals surface area contributed by atoms with Crippen LogP contribution < -0.4 is 5.11 Å². The Labute approximate surface area is 509 Å². The van der Waals surface area contributed by atoms with Crippen molar-refractivity contribution in [1.82, 2.24) is 0 Å². The minimum atomic E-state index is -1.62. The molecular formula is C73H139NO8. The van der Waals surface area contributed by atoms with Crippen molar-refractivity contribution < 1.29 is 42.9 Å². The van der Waals surface area contributed by atoms with Crippen LogP contribution in [0.25, 0.3) is 0 Å². The molecule has 0 radical (unpaired) electrons. The molecule has 0 aromatic rings. The Hall–Kier alpha value is -2.23. The number of esters is 2. The van der Waals surface area contributed by atoms with Crippen molar-refractivity contribution in [2.45, 2.75) is 379 Å². The standard InChI is InChI=1S/C73H139NO8/c1-6-8-10-12-14-16-18-20-22-24-25-26-27-28-29-30-31-32-33-34-35-36-37-38-39-40-41-42-43-44-45-46-47-48-50-51-53-55-57-59-61-63-70(75)80-67-69(68-81-73(72(77)78)79-66-65-74(3,4)5)82-71(76)64-62-60-58-56-54-52-49-23-21-19-17-15-13-11-9-7-2/h17,19,23,49,69,73H,6-16,18,20-22,24-48,50-68H2,1-5H3/b19-17-,49-23-. The van der Waals surface area contributed by atoms with E-state index < -0.39 is 24.3 Å². The van der Waals surface area contributed by atoms with Gasteiger partial charge >= 0.3 is 11.9 Å². The maximum Gasteiger partial charge on any atom is 0.306 e. The van der Waals surface area contributed by atoms with E-state index in [1.54, 1.807) is 0 Å². The van der Waals surface area contributed by atoms with E-state index in [-0.39, 0.29) is 32.2 Å². The number of carbonyl (C=O) groups is 3. The molecule has 0 saturated carbocycles. The topological polar surface area (TPSA) is 111 Å². The Morgan fingerprint density at radius 1 is 0.366 bits per heavy atom. The lowest BCUT2D eigenvalue weighted by atomic mass is 10.0. The molecule has 0 aliphatic carbocycles. The SMILES string of the molecule is CCCCCC/C=C\C/C=C\CCCCCCCC(=O)OC(COC(=O)CCCCCCCCCCCCCCCCCCCCCCCCCCCCCCCCCCCCCCCCCCC)COC(OCC[N+](C)(C)C)C(=O)[O-]. The van der Waals surface area contributed by atoms with Crippen LogP contribution in [0.15, 0.2) is 24.3 Å². The summed E-state index contributed by atoms with van der Waals surface area (Å²) in [5.74, 6) is -2.28. The first-order valence-corrected chi connectivity index (χ1v) is 36.0. The zero-order chi connectivity index (χ0) is 59.8. The van der Waals surface area contributed by atoms with Crippen LogP contribution in [0.3, 0.4) is 0 Å². The fourth-order valence-corrected chi connectivity index (χ4v) is 10.9. The van der Waals surface area contributed by atoms with E-state index in [0.717, 1.165) is 57.8 Å². The van der Waals surface area contributed by atoms with Crippen molar-refractivity contribution >= 4 is 17.9 Å². The summed E-state index contributed by atoms with van der Waals surface area (Å²) in [6, 6.07) is 0. The Kier molecular flexibility index (Phi) is 63.0. The van der Waals surface area contributed by atoms with Crippen LogP contribution >= 0.6 is 0 Å². The van der Waals surface area contributed by atoms with Gasteiger partial charge in [0.2, 0.25) is 0 Å². The minimum absolute atomic E-state index is 0.147. The van der Waals surface area contributed by atoms with Gasteiger partial charge in [-0.3, -0.25) is 9.59 Å². The van der Waals surface area contributed by atoms with Crippen LogP contribution in [0, 0.1) is 0 Å². The highest BCUT2D eigenvalue weighted by molar-refractivity contribution is 5.70. The number of nitrogens with zero attached hydrogens (tertiary/aromatic N) is 1. The molecule has 82 heavy (non-hydrogen) atoms. The lowest BCUT2D eigenvalue weighted by molar-refractivity contribution is -0.870. The van der Waals surface area contributed by atoms with E-state index in [4.69, 9.17) is 18.9 Å². The second-order valence-corrected chi connectivity index (χ2v) is 25.9. The normalized spacial score (nSPS) is 12.7. The largest absolute Gasteiger partial charge is 0.545 e. The summed E-state index contributed by atoms with van der Waals surface area (Å²) in [5, 5.41) is 11.8. The Morgan fingerprint density at radius 2 is 0.659 bits per heavy atom. The predicted octanol–water partition coefficient (Wildman–Crippen LogP) is 20.9. The van der Waals surface area contributed by atoms with Gasteiger partial charge in [-0.15, -0.1) is 0 Å². The zero-order valence-corrected chi connectivity index (χ0v) is 55.4. The number of allylic oxidation sites excluding steroid dienone is 4. The van der Waals surface area contributed by atoms with Gasteiger partial charge in [0.1, 0.15) is 13.2 Å². The molecule has 0 aromatic heterocycles. The number of aliphatic carboxylic acids is 1. The van der Waals surface area contributed by atoms with Crippen LogP contribution in [0.4, 0.5) is 0 Å². The summed E-state index contributed by atoms with van der Waals surface area (Å²) in [5.41, 5.74) is 0. The van der Waals surface area contributed by atoms with Gasteiger partial charge in [0.25, 0.3) is 0 Å². The fourth-order valence-electron chi connectivity index (χ4n) is 10.9. The van der Waals surface area contributed by atoms with Gasteiger partial charge in [0.15, 0.2) is 12.4 Å². The van der Waals surface area contributed by atoms with Crippen molar-refractivity contribution in [3.05, 3.63) is 24.3 Å². The molecule has 0 aliphatic rings. The molecule has 2 unspecified atom stereocenters. The fraction of sp³-hybridized carbons (Fsp3) is 0.904. The van der Waals surface area contributed by atoms with Crippen molar-refractivity contribution in [2.75, 3.05) is 47.5 Å². The predicted molar refractivity (Wildman–Crippen MR) is 348 cm³/mol. The second kappa shape index (κ2) is 64.8. The molecule has 0 bridgehead atoms. The molecule has 484 valence electrons. The molecule has 0 amide bonds. The number of likely N-dealkylation sites (N-methyl/N-ethyl adjacent to an activating group) is 1. The molecule has 0 fully saturated rings. The van der Waals surface area contributed by atoms with Crippen LogP contribution in [-0.4, -0.2) is 82.3 Å². The van der Waals surface area contributed by atoms with E-state index in [0.29, 0.717) is 23.9 Å². The van der Waals surface area contributed by atoms with E-state index >= 15 is 0 Å². The van der Waals surface area contributed by atoms with Crippen LogP contribution in [0.2, 0.25) is 0 Å². The summed E-state index contributed by atoms with van der Waals surface area (Å²) in [4.78, 5) is 37.4. The first-order chi connectivity index (χ1) is 40.1. The summed E-state index contributed by atoms with van der Waals surface area (Å²) >= 11 is 0. The van der Waals surface area contributed by atoms with E-state index in [1.165, 1.54) is 276 Å². The summed E-state index contributed by atoms with van der Waals surface area (Å²) in [7, 11) is 5.93. The van der Waals surface area contributed by atoms with Crippen molar-refractivity contribution in [1.29, 1.82) is 0 Å². The quantitative estimate of drug-likeness (QED) is 0.0195. The average Bonchev–Trinajstić information content (AvgIpc) is 3.47. The van der Waals surface area contributed by atoms with Gasteiger partial charge in [-0.1, -0.05) is 334 Å². The number of unbranched alkanes of at least 4 members (excludes halogenated alkanes) is 49.